The zero-order valence-corrected chi connectivity index (χ0v) is 21.1. The first kappa shape index (κ1) is 25.1. The van der Waals surface area contributed by atoms with Crippen molar-refractivity contribution < 1.29 is 19.1 Å². The summed E-state index contributed by atoms with van der Waals surface area (Å²) in [6, 6.07) is 11.2. The number of hydrogen-bond acceptors (Lipinski definition) is 6. The number of nitrogens with zero attached hydrogens (tertiary/aromatic N) is 1. The maximum absolute atomic E-state index is 12.6. The van der Waals surface area contributed by atoms with Crippen LogP contribution in [0.5, 0.6) is 0 Å². The largest absolute Gasteiger partial charge is 0.383 e. The van der Waals surface area contributed by atoms with Gasteiger partial charge in [-0.25, -0.2) is 4.98 Å². The number of halogens is 1. The molecule has 1 aromatic heterocycles. The number of hydrogen-bond donors (Lipinski definition) is 3. The summed E-state index contributed by atoms with van der Waals surface area (Å²) in [6.07, 6.45) is 2.00. The van der Waals surface area contributed by atoms with Gasteiger partial charge in [0.2, 0.25) is 11.8 Å². The van der Waals surface area contributed by atoms with Gasteiger partial charge >= 0.3 is 0 Å². The van der Waals surface area contributed by atoms with Gasteiger partial charge in [-0.2, -0.15) is 0 Å². The Labute approximate surface area is 212 Å². The number of aromatic nitrogens is 1. The molecular formula is C25H27ClN4O4S. The molecule has 1 unspecified atom stereocenters. The Hall–Kier alpha value is -3.01. The Bertz CT molecular complexity index is 1240. The molecule has 0 bridgehead atoms. The molecular weight excluding hydrogens is 488 g/mol. The summed E-state index contributed by atoms with van der Waals surface area (Å²) >= 11 is 7.97. The monoisotopic (exact) mass is 514 g/mol. The van der Waals surface area contributed by atoms with Gasteiger partial charge in [0.15, 0.2) is 0 Å². The summed E-state index contributed by atoms with van der Waals surface area (Å²) in [5, 5.41) is 9.51. The van der Waals surface area contributed by atoms with Gasteiger partial charge in [0.1, 0.15) is 5.01 Å². The molecule has 1 saturated carbocycles. The van der Waals surface area contributed by atoms with Crippen LogP contribution in [0, 0.1) is 0 Å². The van der Waals surface area contributed by atoms with Crippen LogP contribution < -0.4 is 16.0 Å². The molecule has 0 aliphatic heterocycles. The fourth-order valence-electron chi connectivity index (χ4n) is 3.48. The lowest BCUT2D eigenvalue weighted by molar-refractivity contribution is -0.126. The normalized spacial score (nSPS) is 13.9. The van der Waals surface area contributed by atoms with Crippen LogP contribution in [-0.2, 0) is 14.3 Å². The molecule has 0 spiro atoms. The van der Waals surface area contributed by atoms with Crippen LogP contribution in [0.2, 0.25) is 5.02 Å². The molecule has 1 fully saturated rings. The van der Waals surface area contributed by atoms with Crippen molar-refractivity contribution >= 4 is 50.9 Å². The van der Waals surface area contributed by atoms with Gasteiger partial charge < -0.3 is 20.7 Å². The Morgan fingerprint density at radius 2 is 1.91 bits per heavy atom. The van der Waals surface area contributed by atoms with Gasteiger partial charge in [0.25, 0.3) is 5.91 Å². The smallest absolute Gasteiger partial charge is 0.251 e. The van der Waals surface area contributed by atoms with E-state index in [1.807, 2.05) is 18.2 Å². The Kier molecular flexibility index (Phi) is 8.00. The number of carbonyl (C=O) groups excluding carboxylic acids is 3. The van der Waals surface area contributed by atoms with Crippen LogP contribution in [0.4, 0.5) is 0 Å². The fraction of sp³-hybridized carbons (Fsp3) is 0.360. The van der Waals surface area contributed by atoms with Crippen molar-refractivity contribution in [1.29, 1.82) is 0 Å². The number of benzene rings is 2. The summed E-state index contributed by atoms with van der Waals surface area (Å²) < 4.78 is 5.84. The molecule has 35 heavy (non-hydrogen) atoms. The van der Waals surface area contributed by atoms with Crippen LogP contribution in [0.15, 0.2) is 36.4 Å². The maximum atomic E-state index is 12.6. The second-order valence-electron chi connectivity index (χ2n) is 8.46. The molecule has 4 rings (SSSR count). The van der Waals surface area contributed by atoms with E-state index in [4.69, 9.17) is 16.3 Å². The minimum Gasteiger partial charge on any atom is -0.383 e. The molecule has 1 aliphatic rings. The molecule has 0 saturated heterocycles. The maximum Gasteiger partial charge on any atom is 0.251 e. The zero-order valence-electron chi connectivity index (χ0n) is 19.5. The van der Waals surface area contributed by atoms with Crippen LogP contribution in [-0.4, -0.2) is 55.6 Å². The number of rotatable bonds is 10. The van der Waals surface area contributed by atoms with Crippen molar-refractivity contribution in [3.63, 3.8) is 0 Å². The lowest BCUT2D eigenvalue weighted by Crippen LogP contribution is -2.39. The predicted molar refractivity (Wildman–Crippen MR) is 137 cm³/mol. The van der Waals surface area contributed by atoms with Gasteiger partial charge in [-0.15, -0.1) is 11.3 Å². The summed E-state index contributed by atoms with van der Waals surface area (Å²) in [5.41, 5.74) is 2.94. The lowest BCUT2D eigenvalue weighted by Gasteiger charge is -2.09. The number of carbonyl (C=O) groups is 3. The highest BCUT2D eigenvalue weighted by Crippen LogP contribution is 2.36. The summed E-state index contributed by atoms with van der Waals surface area (Å²) in [6.45, 7) is 2.62. The van der Waals surface area contributed by atoms with E-state index >= 15 is 0 Å². The Morgan fingerprint density at radius 3 is 2.60 bits per heavy atom. The second-order valence-corrected chi connectivity index (χ2v) is 9.93. The Morgan fingerprint density at radius 1 is 1.17 bits per heavy atom. The highest BCUT2D eigenvalue weighted by molar-refractivity contribution is 7.18. The standard InChI is InChI=1S/C25H27ClN4O4S/c1-14(23(32)28-13-22(31)29-17-7-8-17)25-30-20-12-19(26)18(11-21(20)35-25)15-3-5-16(6-4-15)24(33)27-9-10-34-2/h3-6,11-12,14,17H,7-10,13H2,1-2H3,(H,27,33)(H,28,32)(H,29,31). The average molecular weight is 515 g/mol. The van der Waals surface area contributed by atoms with E-state index in [2.05, 4.69) is 20.9 Å². The lowest BCUT2D eigenvalue weighted by atomic mass is 10.0. The van der Waals surface area contributed by atoms with Crippen molar-refractivity contribution in [1.82, 2.24) is 20.9 Å². The van der Waals surface area contributed by atoms with E-state index in [1.54, 1.807) is 32.2 Å². The van der Waals surface area contributed by atoms with Crippen LogP contribution in [0.1, 0.15) is 41.0 Å². The van der Waals surface area contributed by atoms with Crippen LogP contribution in [0.25, 0.3) is 21.3 Å². The van der Waals surface area contributed by atoms with Crippen molar-refractivity contribution in [3.05, 3.63) is 52.0 Å². The predicted octanol–water partition coefficient (Wildman–Crippen LogP) is 3.49. The van der Waals surface area contributed by atoms with E-state index in [0.29, 0.717) is 34.3 Å². The number of thiazole rings is 1. The van der Waals surface area contributed by atoms with E-state index in [9.17, 15) is 14.4 Å². The minimum atomic E-state index is -0.501. The topological polar surface area (TPSA) is 109 Å². The highest BCUT2D eigenvalue weighted by atomic mass is 35.5. The third kappa shape index (κ3) is 6.36. The molecule has 1 aliphatic carbocycles. The second kappa shape index (κ2) is 11.2. The van der Waals surface area contributed by atoms with Crippen LogP contribution >= 0.6 is 22.9 Å². The average Bonchev–Trinajstić information content (AvgIpc) is 3.57. The molecule has 184 valence electrons. The number of fused-ring (bicyclic) bond motifs is 1. The van der Waals surface area contributed by atoms with E-state index in [0.717, 1.165) is 28.7 Å². The SMILES string of the molecule is COCCNC(=O)c1ccc(-c2cc3sc(C(C)C(=O)NCC(=O)NC4CC4)nc3cc2Cl)cc1. The molecule has 3 N–H and O–H groups in total. The molecule has 10 heteroatoms. The molecule has 3 amide bonds. The van der Waals surface area contributed by atoms with Gasteiger partial charge in [-0.05, 0) is 49.6 Å². The van der Waals surface area contributed by atoms with Crippen LogP contribution in [0.3, 0.4) is 0 Å². The molecule has 3 aromatic rings. The van der Waals surface area contributed by atoms with E-state index < -0.39 is 5.92 Å². The van der Waals surface area contributed by atoms with Gasteiger partial charge in [0, 0.05) is 30.8 Å². The quantitative estimate of drug-likeness (QED) is 0.359. The molecule has 8 nitrogen and oxygen atoms in total. The number of amides is 3. The first-order valence-electron chi connectivity index (χ1n) is 11.4. The first-order chi connectivity index (χ1) is 16.9. The fourth-order valence-corrected chi connectivity index (χ4v) is 4.79. The Balaban J connectivity index is 1.45. The van der Waals surface area contributed by atoms with E-state index in [1.165, 1.54) is 11.3 Å². The minimum absolute atomic E-state index is 0.0407. The zero-order chi connectivity index (χ0) is 24.9. The summed E-state index contributed by atoms with van der Waals surface area (Å²) in [7, 11) is 1.58. The van der Waals surface area contributed by atoms with Gasteiger partial charge in [-0.1, -0.05) is 23.7 Å². The van der Waals surface area contributed by atoms with Crippen molar-refractivity contribution in [2.24, 2.45) is 0 Å². The van der Waals surface area contributed by atoms with Crippen molar-refractivity contribution in [2.45, 2.75) is 31.7 Å². The summed E-state index contributed by atoms with van der Waals surface area (Å²) in [5.74, 6) is -1.09. The first-order valence-corrected chi connectivity index (χ1v) is 12.6. The molecule has 2 aromatic carbocycles. The molecule has 1 heterocycles. The highest BCUT2D eigenvalue weighted by Gasteiger charge is 2.24. The van der Waals surface area contributed by atoms with Gasteiger partial charge in [-0.3, -0.25) is 14.4 Å². The third-order valence-electron chi connectivity index (χ3n) is 5.67. The van der Waals surface area contributed by atoms with Gasteiger partial charge in [0.05, 0.1) is 34.3 Å². The van der Waals surface area contributed by atoms with Crippen molar-refractivity contribution in [2.75, 3.05) is 26.8 Å². The third-order valence-corrected chi connectivity index (χ3v) is 7.19. The van der Waals surface area contributed by atoms with Crippen molar-refractivity contribution in [3.8, 4) is 11.1 Å². The number of nitrogens with one attached hydrogen (secondary N) is 3. The van der Waals surface area contributed by atoms with E-state index in [-0.39, 0.29) is 30.3 Å². The molecule has 0 radical (unpaired) electrons. The summed E-state index contributed by atoms with van der Waals surface area (Å²) in [4.78, 5) is 41.2. The number of ether oxygens (including phenoxy) is 1. The molecule has 1 atom stereocenters. The number of methoxy groups -OCH3 is 1.